The van der Waals surface area contributed by atoms with E-state index in [9.17, 15) is 4.79 Å². The summed E-state index contributed by atoms with van der Waals surface area (Å²) < 4.78 is 7.30. The average molecular weight is 454 g/mol. The molecule has 166 valence electrons. The largest absolute Gasteiger partial charge is 0.484 e. The highest BCUT2D eigenvalue weighted by molar-refractivity contribution is 6.38. The predicted molar refractivity (Wildman–Crippen MR) is 124 cm³/mol. The molecule has 10 heteroatoms. The number of ether oxygens (including phenoxy) is 1. The van der Waals surface area contributed by atoms with Crippen LogP contribution in [0.1, 0.15) is 19.4 Å². The summed E-state index contributed by atoms with van der Waals surface area (Å²) in [5, 5.41) is 18.8. The summed E-state index contributed by atoms with van der Waals surface area (Å²) in [7, 11) is 1.81. The standard InChI is InChI=1S/C22H24ClN7O2/c1-12(2)25-19(31)11-32-18-8-5-14(9-13(18)3)21-27-22(30(4)29-21)26-17-7-6-16-15(20(17)23)10-24-28-16/h5-10,12H,11H2,1-4H3,(H,24,28)(H,25,31)(H,26,27,29). The number of H-pyrrole nitrogens is 1. The summed E-state index contributed by atoms with van der Waals surface area (Å²) in [6.07, 6.45) is 1.68. The van der Waals surface area contributed by atoms with Gasteiger partial charge >= 0.3 is 0 Å². The fraction of sp³-hybridized carbons (Fsp3) is 0.273. The van der Waals surface area contributed by atoms with Crippen molar-refractivity contribution in [2.24, 2.45) is 7.05 Å². The smallest absolute Gasteiger partial charge is 0.258 e. The number of carbonyl (C=O) groups excluding carboxylic acids is 1. The van der Waals surface area contributed by atoms with E-state index >= 15 is 0 Å². The molecule has 2 aromatic carbocycles. The number of halogens is 1. The molecule has 0 spiro atoms. The van der Waals surface area contributed by atoms with E-state index < -0.39 is 0 Å². The van der Waals surface area contributed by atoms with Crippen molar-refractivity contribution in [1.29, 1.82) is 0 Å². The highest BCUT2D eigenvalue weighted by Crippen LogP contribution is 2.32. The Bertz CT molecular complexity index is 1280. The van der Waals surface area contributed by atoms with Gasteiger partial charge in [0.2, 0.25) is 5.95 Å². The van der Waals surface area contributed by atoms with Crippen LogP contribution in [0.3, 0.4) is 0 Å². The fourth-order valence-electron chi connectivity index (χ4n) is 3.27. The number of rotatable bonds is 7. The van der Waals surface area contributed by atoms with Crippen LogP contribution in [0.2, 0.25) is 5.02 Å². The number of benzene rings is 2. The molecular weight excluding hydrogens is 430 g/mol. The van der Waals surface area contributed by atoms with Crippen LogP contribution in [0.4, 0.5) is 11.6 Å². The van der Waals surface area contributed by atoms with Crippen molar-refractivity contribution in [3.63, 3.8) is 0 Å². The maximum Gasteiger partial charge on any atom is 0.258 e. The van der Waals surface area contributed by atoms with Crippen LogP contribution in [0.5, 0.6) is 5.75 Å². The molecule has 3 N–H and O–H groups in total. The van der Waals surface area contributed by atoms with E-state index in [1.165, 1.54) is 0 Å². The molecule has 0 unspecified atom stereocenters. The number of aryl methyl sites for hydroxylation is 2. The number of carbonyl (C=O) groups is 1. The Balaban J connectivity index is 1.51. The molecule has 0 radical (unpaired) electrons. The van der Waals surface area contributed by atoms with Crippen LogP contribution >= 0.6 is 11.6 Å². The van der Waals surface area contributed by atoms with Gasteiger partial charge in [0.25, 0.3) is 5.91 Å². The summed E-state index contributed by atoms with van der Waals surface area (Å²) in [6.45, 7) is 5.70. The second-order valence-electron chi connectivity index (χ2n) is 7.76. The van der Waals surface area contributed by atoms with Gasteiger partial charge in [0.1, 0.15) is 5.75 Å². The van der Waals surface area contributed by atoms with E-state index in [-0.39, 0.29) is 18.6 Å². The normalized spacial score (nSPS) is 11.2. The van der Waals surface area contributed by atoms with E-state index in [1.54, 1.807) is 17.9 Å². The van der Waals surface area contributed by atoms with Gasteiger partial charge in [-0.3, -0.25) is 9.89 Å². The molecule has 0 fully saturated rings. The molecule has 0 bridgehead atoms. The monoisotopic (exact) mass is 453 g/mol. The van der Waals surface area contributed by atoms with Crippen molar-refractivity contribution >= 4 is 40.0 Å². The van der Waals surface area contributed by atoms with Crippen molar-refractivity contribution in [2.45, 2.75) is 26.8 Å². The second kappa shape index (κ2) is 8.88. The van der Waals surface area contributed by atoms with Gasteiger partial charge in [-0.1, -0.05) is 11.6 Å². The lowest BCUT2D eigenvalue weighted by Gasteiger charge is -2.11. The number of nitrogens with zero attached hydrogens (tertiary/aromatic N) is 4. The summed E-state index contributed by atoms with van der Waals surface area (Å²) in [5.74, 6) is 1.59. The van der Waals surface area contributed by atoms with Gasteiger partial charge in [-0.05, 0) is 56.7 Å². The van der Waals surface area contributed by atoms with Gasteiger partial charge in [-0.25, -0.2) is 4.68 Å². The van der Waals surface area contributed by atoms with E-state index in [1.807, 2.05) is 51.1 Å². The zero-order chi connectivity index (χ0) is 22.8. The molecule has 0 aliphatic heterocycles. The van der Waals surface area contributed by atoms with Crippen LogP contribution in [0.25, 0.3) is 22.3 Å². The van der Waals surface area contributed by atoms with Crippen molar-refractivity contribution < 1.29 is 9.53 Å². The summed E-state index contributed by atoms with van der Waals surface area (Å²) in [6, 6.07) is 9.45. The van der Waals surface area contributed by atoms with E-state index in [0.717, 1.165) is 22.0 Å². The molecule has 9 nitrogen and oxygen atoms in total. The lowest BCUT2D eigenvalue weighted by molar-refractivity contribution is -0.123. The Kier molecular flexibility index (Phi) is 6.00. The molecular formula is C22H24ClN7O2. The highest BCUT2D eigenvalue weighted by Gasteiger charge is 2.14. The van der Waals surface area contributed by atoms with Crippen molar-refractivity contribution in [2.75, 3.05) is 11.9 Å². The lowest BCUT2D eigenvalue weighted by atomic mass is 10.1. The van der Waals surface area contributed by atoms with Gasteiger partial charge in [0, 0.05) is 24.0 Å². The minimum atomic E-state index is -0.155. The predicted octanol–water partition coefficient (Wildman–Crippen LogP) is 3.97. The van der Waals surface area contributed by atoms with Crippen LogP contribution in [-0.4, -0.2) is 43.5 Å². The fourth-order valence-corrected chi connectivity index (χ4v) is 3.53. The van der Waals surface area contributed by atoms with Crippen LogP contribution in [0, 0.1) is 6.92 Å². The maximum atomic E-state index is 11.8. The minimum Gasteiger partial charge on any atom is -0.484 e. The highest BCUT2D eigenvalue weighted by atomic mass is 35.5. The Morgan fingerprint density at radius 2 is 2.09 bits per heavy atom. The van der Waals surface area contributed by atoms with Gasteiger partial charge in [-0.15, -0.1) is 5.10 Å². The SMILES string of the molecule is Cc1cc(-c2nc(Nc3ccc4[nH]ncc4c3Cl)n(C)n2)ccc1OCC(=O)NC(C)C. The Morgan fingerprint density at radius 3 is 2.84 bits per heavy atom. The second-order valence-corrected chi connectivity index (χ2v) is 8.14. The molecule has 4 rings (SSSR count). The van der Waals surface area contributed by atoms with E-state index in [4.69, 9.17) is 16.3 Å². The van der Waals surface area contributed by atoms with Crippen molar-refractivity contribution in [1.82, 2.24) is 30.3 Å². The minimum absolute atomic E-state index is 0.0317. The molecule has 4 aromatic rings. The number of fused-ring (bicyclic) bond motifs is 1. The van der Waals surface area contributed by atoms with Crippen LogP contribution in [0.15, 0.2) is 36.5 Å². The van der Waals surface area contributed by atoms with Gasteiger partial charge in [0.05, 0.1) is 22.4 Å². The van der Waals surface area contributed by atoms with Crippen molar-refractivity contribution in [3.8, 4) is 17.1 Å². The number of nitrogens with one attached hydrogen (secondary N) is 3. The Labute approximate surface area is 190 Å². The topological polar surface area (TPSA) is 110 Å². The van der Waals surface area contributed by atoms with Gasteiger partial charge in [-0.2, -0.15) is 10.1 Å². The number of hydrogen-bond acceptors (Lipinski definition) is 6. The van der Waals surface area contributed by atoms with Gasteiger partial charge < -0.3 is 15.4 Å². The third kappa shape index (κ3) is 4.52. The Hall–Kier alpha value is -3.59. The summed E-state index contributed by atoms with van der Waals surface area (Å²) in [4.78, 5) is 16.4. The summed E-state index contributed by atoms with van der Waals surface area (Å²) >= 11 is 6.50. The Morgan fingerprint density at radius 1 is 1.28 bits per heavy atom. The van der Waals surface area contributed by atoms with Crippen LogP contribution in [-0.2, 0) is 11.8 Å². The zero-order valence-corrected chi connectivity index (χ0v) is 19.0. The number of anilines is 2. The molecule has 2 aromatic heterocycles. The van der Waals surface area contributed by atoms with Crippen molar-refractivity contribution in [3.05, 3.63) is 47.1 Å². The zero-order valence-electron chi connectivity index (χ0n) is 18.2. The average Bonchev–Trinajstić information content (AvgIpc) is 3.36. The number of hydrogen-bond donors (Lipinski definition) is 3. The molecule has 2 heterocycles. The number of amides is 1. The molecule has 0 aliphatic rings. The molecule has 0 saturated carbocycles. The lowest BCUT2D eigenvalue weighted by Crippen LogP contribution is -2.34. The number of aromatic amines is 1. The first-order valence-corrected chi connectivity index (χ1v) is 10.5. The summed E-state index contributed by atoms with van der Waals surface area (Å²) in [5.41, 5.74) is 3.29. The number of aromatic nitrogens is 5. The molecule has 0 saturated heterocycles. The maximum absolute atomic E-state index is 11.8. The third-order valence-electron chi connectivity index (χ3n) is 4.81. The quantitative estimate of drug-likeness (QED) is 0.390. The van der Waals surface area contributed by atoms with E-state index in [0.29, 0.717) is 28.2 Å². The van der Waals surface area contributed by atoms with E-state index in [2.05, 4.69) is 30.9 Å². The third-order valence-corrected chi connectivity index (χ3v) is 5.22. The first kappa shape index (κ1) is 21.6. The first-order valence-electron chi connectivity index (χ1n) is 10.1. The first-order chi connectivity index (χ1) is 15.3. The molecule has 0 atom stereocenters. The van der Waals surface area contributed by atoms with Gasteiger partial charge in [0.15, 0.2) is 12.4 Å². The molecule has 32 heavy (non-hydrogen) atoms. The molecule has 0 aliphatic carbocycles. The molecule has 1 amide bonds. The van der Waals surface area contributed by atoms with Crippen LogP contribution < -0.4 is 15.4 Å².